The van der Waals surface area contributed by atoms with Gasteiger partial charge in [0.1, 0.15) is 0 Å². The van der Waals surface area contributed by atoms with Crippen molar-refractivity contribution < 1.29 is 4.79 Å². The monoisotopic (exact) mass is 263 g/mol. The standard InChI is InChI=1S/C13H21N5O/c1-9-6-7-10(15-12(14)17(2)3)8-11(9)16-13(19)18(4)5/h6-8H,1-5H3,(H2,14,15)(H,16,19). The van der Waals surface area contributed by atoms with Crippen molar-refractivity contribution in [3.05, 3.63) is 23.8 Å². The van der Waals surface area contributed by atoms with Crippen molar-refractivity contribution in [1.82, 2.24) is 9.80 Å². The summed E-state index contributed by atoms with van der Waals surface area (Å²) in [6.07, 6.45) is 0. The molecule has 1 rings (SSSR count). The Morgan fingerprint density at radius 2 is 1.84 bits per heavy atom. The molecule has 0 saturated heterocycles. The Morgan fingerprint density at radius 1 is 1.21 bits per heavy atom. The van der Waals surface area contributed by atoms with Crippen molar-refractivity contribution in [2.45, 2.75) is 6.92 Å². The molecule has 0 heterocycles. The van der Waals surface area contributed by atoms with Gasteiger partial charge in [-0.15, -0.1) is 0 Å². The van der Waals surface area contributed by atoms with Crippen LogP contribution in [0.25, 0.3) is 0 Å². The average molecular weight is 263 g/mol. The van der Waals surface area contributed by atoms with Crippen molar-refractivity contribution in [3.8, 4) is 0 Å². The molecule has 0 radical (unpaired) electrons. The number of anilines is 1. The molecule has 0 aliphatic rings. The first-order chi connectivity index (χ1) is 8.81. The van der Waals surface area contributed by atoms with Crippen molar-refractivity contribution in [3.63, 3.8) is 0 Å². The van der Waals surface area contributed by atoms with E-state index in [1.165, 1.54) is 4.90 Å². The highest BCUT2D eigenvalue weighted by Crippen LogP contribution is 2.22. The quantitative estimate of drug-likeness (QED) is 0.628. The smallest absolute Gasteiger partial charge is 0.321 e. The molecule has 0 unspecified atom stereocenters. The van der Waals surface area contributed by atoms with Gasteiger partial charge < -0.3 is 20.9 Å². The molecule has 0 aliphatic carbocycles. The largest absolute Gasteiger partial charge is 0.370 e. The van der Waals surface area contributed by atoms with Crippen LogP contribution in [0, 0.1) is 6.92 Å². The van der Waals surface area contributed by atoms with Crippen LogP contribution < -0.4 is 11.1 Å². The lowest BCUT2D eigenvalue weighted by atomic mass is 10.2. The van der Waals surface area contributed by atoms with Crippen LogP contribution in [0.2, 0.25) is 0 Å². The molecule has 19 heavy (non-hydrogen) atoms. The zero-order valence-corrected chi connectivity index (χ0v) is 12.1. The maximum atomic E-state index is 11.7. The lowest BCUT2D eigenvalue weighted by Gasteiger charge is -2.15. The summed E-state index contributed by atoms with van der Waals surface area (Å²) in [7, 11) is 7.02. The third-order valence-corrected chi connectivity index (χ3v) is 2.57. The first-order valence-electron chi connectivity index (χ1n) is 5.91. The average Bonchev–Trinajstić information content (AvgIpc) is 2.32. The van der Waals surface area contributed by atoms with Gasteiger partial charge in [0.25, 0.3) is 0 Å². The summed E-state index contributed by atoms with van der Waals surface area (Å²) >= 11 is 0. The molecular weight excluding hydrogens is 242 g/mol. The second-order valence-electron chi connectivity index (χ2n) is 4.69. The Morgan fingerprint density at radius 3 is 2.37 bits per heavy atom. The number of hydrogen-bond acceptors (Lipinski definition) is 2. The molecule has 2 amide bonds. The molecule has 1 aromatic rings. The van der Waals surface area contributed by atoms with E-state index in [0.29, 0.717) is 11.6 Å². The molecule has 0 aliphatic heterocycles. The van der Waals surface area contributed by atoms with Crippen LogP contribution in [0.4, 0.5) is 16.2 Å². The SMILES string of the molecule is Cc1ccc(N=C(N)N(C)C)cc1NC(=O)N(C)C. The summed E-state index contributed by atoms with van der Waals surface area (Å²) in [6, 6.07) is 5.38. The highest BCUT2D eigenvalue weighted by molar-refractivity contribution is 5.90. The van der Waals surface area contributed by atoms with E-state index in [9.17, 15) is 4.79 Å². The van der Waals surface area contributed by atoms with Crippen LogP contribution in [0.15, 0.2) is 23.2 Å². The molecule has 1 aromatic carbocycles. The summed E-state index contributed by atoms with van der Waals surface area (Å²) < 4.78 is 0. The van der Waals surface area contributed by atoms with Crippen molar-refractivity contribution in [2.24, 2.45) is 10.7 Å². The van der Waals surface area contributed by atoms with E-state index in [1.54, 1.807) is 25.1 Å². The molecular formula is C13H21N5O. The number of carbonyl (C=O) groups excluding carboxylic acids is 1. The Hall–Kier alpha value is -2.24. The molecule has 0 fully saturated rings. The van der Waals surface area contributed by atoms with Gasteiger partial charge in [-0.1, -0.05) is 6.07 Å². The Bertz CT molecular complexity index is 494. The van der Waals surface area contributed by atoms with Gasteiger partial charge in [-0.2, -0.15) is 0 Å². The number of hydrogen-bond donors (Lipinski definition) is 2. The highest BCUT2D eigenvalue weighted by Gasteiger charge is 2.07. The Labute approximate surface area is 113 Å². The van der Waals surface area contributed by atoms with Crippen LogP contribution in [0.5, 0.6) is 0 Å². The molecule has 0 spiro atoms. The second-order valence-corrected chi connectivity index (χ2v) is 4.69. The molecule has 0 aromatic heterocycles. The molecule has 0 saturated carbocycles. The first-order valence-corrected chi connectivity index (χ1v) is 5.91. The number of aryl methyl sites for hydroxylation is 1. The molecule has 0 atom stereocenters. The minimum absolute atomic E-state index is 0.176. The number of amides is 2. The van der Waals surface area contributed by atoms with E-state index in [4.69, 9.17) is 5.73 Å². The minimum atomic E-state index is -0.176. The van der Waals surface area contributed by atoms with Gasteiger partial charge in [-0.05, 0) is 24.6 Å². The number of aliphatic imine (C=N–C) groups is 1. The van der Waals surface area contributed by atoms with E-state index in [1.807, 2.05) is 33.2 Å². The zero-order chi connectivity index (χ0) is 14.6. The number of carbonyl (C=O) groups is 1. The van der Waals surface area contributed by atoms with Gasteiger partial charge in [0.2, 0.25) is 0 Å². The maximum Gasteiger partial charge on any atom is 0.321 e. The van der Waals surface area contributed by atoms with Crippen LogP contribution >= 0.6 is 0 Å². The van der Waals surface area contributed by atoms with Gasteiger partial charge in [0.05, 0.1) is 5.69 Å². The van der Waals surface area contributed by atoms with Crippen molar-refractivity contribution in [1.29, 1.82) is 0 Å². The van der Waals surface area contributed by atoms with Crippen LogP contribution in [-0.4, -0.2) is 50.0 Å². The molecule has 104 valence electrons. The number of urea groups is 1. The molecule has 6 heteroatoms. The van der Waals surface area contributed by atoms with Crippen molar-refractivity contribution >= 4 is 23.4 Å². The fourth-order valence-corrected chi connectivity index (χ4v) is 1.27. The first kappa shape index (κ1) is 14.8. The van der Waals surface area contributed by atoms with E-state index < -0.39 is 0 Å². The third-order valence-electron chi connectivity index (χ3n) is 2.57. The van der Waals surface area contributed by atoms with Crippen LogP contribution in [0.1, 0.15) is 5.56 Å². The third kappa shape index (κ3) is 4.17. The van der Waals surface area contributed by atoms with Gasteiger partial charge in [0, 0.05) is 33.9 Å². The Kier molecular flexibility index (Phi) is 4.74. The second kappa shape index (κ2) is 6.08. The predicted octanol–water partition coefficient (Wildman–Crippen LogP) is 1.60. The summed E-state index contributed by atoms with van der Waals surface area (Å²) in [4.78, 5) is 19.1. The van der Waals surface area contributed by atoms with Gasteiger partial charge in [0.15, 0.2) is 5.96 Å². The maximum absolute atomic E-state index is 11.7. The lowest BCUT2D eigenvalue weighted by molar-refractivity contribution is 0.230. The number of rotatable bonds is 2. The molecule has 6 nitrogen and oxygen atoms in total. The van der Waals surface area contributed by atoms with E-state index in [-0.39, 0.29) is 6.03 Å². The summed E-state index contributed by atoms with van der Waals surface area (Å²) in [5.74, 6) is 0.411. The van der Waals surface area contributed by atoms with Crippen LogP contribution in [0.3, 0.4) is 0 Å². The topological polar surface area (TPSA) is 74.0 Å². The fraction of sp³-hybridized carbons (Fsp3) is 0.385. The molecule has 0 bridgehead atoms. The van der Waals surface area contributed by atoms with E-state index in [0.717, 1.165) is 11.3 Å². The zero-order valence-electron chi connectivity index (χ0n) is 12.1. The highest BCUT2D eigenvalue weighted by atomic mass is 16.2. The van der Waals surface area contributed by atoms with Gasteiger partial charge in [-0.25, -0.2) is 9.79 Å². The fourth-order valence-electron chi connectivity index (χ4n) is 1.27. The number of nitrogens with one attached hydrogen (secondary N) is 1. The number of benzene rings is 1. The summed E-state index contributed by atoms with van der Waals surface area (Å²) in [5, 5.41) is 2.82. The lowest BCUT2D eigenvalue weighted by Crippen LogP contribution is -2.29. The van der Waals surface area contributed by atoms with E-state index >= 15 is 0 Å². The number of nitrogens with two attached hydrogens (primary N) is 1. The van der Waals surface area contributed by atoms with Crippen molar-refractivity contribution in [2.75, 3.05) is 33.5 Å². The summed E-state index contributed by atoms with van der Waals surface area (Å²) in [5.41, 5.74) is 8.16. The van der Waals surface area contributed by atoms with Gasteiger partial charge >= 0.3 is 6.03 Å². The predicted molar refractivity (Wildman–Crippen MR) is 78.9 cm³/mol. The minimum Gasteiger partial charge on any atom is -0.370 e. The van der Waals surface area contributed by atoms with Gasteiger partial charge in [-0.3, -0.25) is 0 Å². The molecule has 3 N–H and O–H groups in total. The normalized spacial score (nSPS) is 11.1. The Balaban J connectivity index is 3.01. The van der Waals surface area contributed by atoms with E-state index in [2.05, 4.69) is 10.3 Å². The summed E-state index contributed by atoms with van der Waals surface area (Å²) in [6.45, 7) is 1.92. The number of guanidine groups is 1. The number of nitrogens with zero attached hydrogens (tertiary/aromatic N) is 3. The van der Waals surface area contributed by atoms with Crippen LogP contribution in [-0.2, 0) is 0 Å².